The monoisotopic (exact) mass is 340 g/mol. The lowest BCUT2D eigenvalue weighted by molar-refractivity contribution is 0.214. The van der Waals surface area contributed by atoms with Crippen LogP contribution in [0.3, 0.4) is 0 Å². The van der Waals surface area contributed by atoms with Crippen LogP contribution >= 0.6 is 0 Å². The molecule has 0 amide bonds. The van der Waals surface area contributed by atoms with Gasteiger partial charge in [-0.15, -0.1) is 0 Å². The van der Waals surface area contributed by atoms with E-state index in [1.807, 2.05) is 32.3 Å². The number of para-hydroxylation sites is 1. The normalized spacial score (nSPS) is 20.6. The van der Waals surface area contributed by atoms with Gasteiger partial charge >= 0.3 is 0 Å². The molecule has 0 N–H and O–H groups in total. The standard InChI is InChI=1S/C21H22F2N2/c1-13-6-5-7-14(2)19(13)25-9-8-24-12-21(3,4)16-10-15(22)11-17(23)18(16)20(24)25/h5-11,20H,12H2,1-4H3. The molecule has 1 atom stereocenters. The summed E-state index contributed by atoms with van der Waals surface area (Å²) in [4.78, 5) is 4.26. The van der Waals surface area contributed by atoms with Crippen LogP contribution in [0.2, 0.25) is 0 Å². The fraction of sp³-hybridized carbons (Fsp3) is 0.333. The highest BCUT2D eigenvalue weighted by molar-refractivity contribution is 5.64. The lowest BCUT2D eigenvalue weighted by atomic mass is 9.77. The fourth-order valence-electron chi connectivity index (χ4n) is 4.28. The Labute approximate surface area is 147 Å². The van der Waals surface area contributed by atoms with Crippen LogP contribution in [-0.2, 0) is 5.41 Å². The van der Waals surface area contributed by atoms with E-state index in [-0.39, 0.29) is 11.6 Å². The number of fused-ring (bicyclic) bond motifs is 3. The zero-order valence-electron chi connectivity index (χ0n) is 15.0. The van der Waals surface area contributed by atoms with E-state index >= 15 is 0 Å². The van der Waals surface area contributed by atoms with E-state index in [1.165, 1.54) is 6.07 Å². The smallest absolute Gasteiger partial charge is 0.135 e. The molecular formula is C21H22F2N2. The second-order valence-electron chi connectivity index (χ2n) is 7.72. The number of rotatable bonds is 1. The Bertz CT molecular complexity index is 865. The molecule has 25 heavy (non-hydrogen) atoms. The first kappa shape index (κ1) is 16.1. The molecule has 0 bridgehead atoms. The quantitative estimate of drug-likeness (QED) is 0.707. The average Bonchev–Trinajstić information content (AvgIpc) is 2.89. The largest absolute Gasteiger partial charge is 0.351 e. The number of benzene rings is 2. The number of halogens is 2. The molecule has 0 fully saturated rings. The van der Waals surface area contributed by atoms with E-state index in [0.717, 1.165) is 28.4 Å². The predicted molar refractivity (Wildman–Crippen MR) is 96.4 cm³/mol. The van der Waals surface area contributed by atoms with E-state index in [2.05, 4.69) is 35.8 Å². The van der Waals surface area contributed by atoms with Gasteiger partial charge in [-0.3, -0.25) is 0 Å². The number of nitrogens with zero attached hydrogens (tertiary/aromatic N) is 2. The first-order valence-electron chi connectivity index (χ1n) is 8.57. The number of anilines is 1. The summed E-state index contributed by atoms with van der Waals surface area (Å²) in [5.41, 5.74) is 4.37. The van der Waals surface area contributed by atoms with Gasteiger partial charge in [-0.25, -0.2) is 8.78 Å². The minimum atomic E-state index is -0.512. The van der Waals surface area contributed by atoms with Crippen molar-refractivity contribution in [2.75, 3.05) is 11.4 Å². The molecule has 2 aliphatic heterocycles. The van der Waals surface area contributed by atoms with Gasteiger partial charge in [0, 0.05) is 41.7 Å². The maximum Gasteiger partial charge on any atom is 0.135 e. The molecule has 0 aromatic heterocycles. The van der Waals surface area contributed by atoms with Gasteiger partial charge < -0.3 is 9.80 Å². The molecular weight excluding hydrogens is 318 g/mol. The summed E-state index contributed by atoms with van der Waals surface area (Å²) < 4.78 is 28.8. The molecule has 0 spiro atoms. The molecule has 4 rings (SSSR count). The van der Waals surface area contributed by atoms with Crippen LogP contribution in [0.1, 0.15) is 42.3 Å². The van der Waals surface area contributed by atoms with Crippen LogP contribution in [0.25, 0.3) is 0 Å². The van der Waals surface area contributed by atoms with Crippen molar-refractivity contribution in [3.05, 3.63) is 76.6 Å². The van der Waals surface area contributed by atoms with E-state index in [0.29, 0.717) is 12.1 Å². The van der Waals surface area contributed by atoms with Gasteiger partial charge in [-0.2, -0.15) is 0 Å². The van der Waals surface area contributed by atoms with Crippen LogP contribution in [0.4, 0.5) is 14.5 Å². The van der Waals surface area contributed by atoms with E-state index < -0.39 is 11.6 Å². The van der Waals surface area contributed by atoms with E-state index in [1.54, 1.807) is 0 Å². The van der Waals surface area contributed by atoms with E-state index in [4.69, 9.17) is 0 Å². The highest BCUT2D eigenvalue weighted by atomic mass is 19.1. The Morgan fingerprint density at radius 3 is 2.40 bits per heavy atom. The Hall–Kier alpha value is -2.36. The third-order valence-corrected chi connectivity index (χ3v) is 5.35. The summed E-state index contributed by atoms with van der Waals surface area (Å²) in [5.74, 6) is -0.986. The molecule has 0 saturated carbocycles. The Morgan fingerprint density at radius 2 is 1.72 bits per heavy atom. The molecule has 4 heteroatoms. The Balaban J connectivity index is 1.93. The Kier molecular flexibility index (Phi) is 3.43. The van der Waals surface area contributed by atoms with Crippen molar-refractivity contribution >= 4 is 5.69 Å². The summed E-state index contributed by atoms with van der Waals surface area (Å²) >= 11 is 0. The molecule has 2 heterocycles. The van der Waals surface area contributed by atoms with E-state index in [9.17, 15) is 8.78 Å². The number of hydrogen-bond donors (Lipinski definition) is 0. The summed E-state index contributed by atoms with van der Waals surface area (Å²) in [6, 6.07) is 8.65. The fourth-order valence-corrected chi connectivity index (χ4v) is 4.28. The van der Waals surface area contributed by atoms with Crippen LogP contribution in [0.15, 0.2) is 42.7 Å². The van der Waals surface area contributed by atoms with Crippen molar-refractivity contribution in [1.82, 2.24) is 4.90 Å². The van der Waals surface area contributed by atoms with Gasteiger partial charge in [-0.05, 0) is 36.6 Å². The highest BCUT2D eigenvalue weighted by Gasteiger charge is 2.43. The first-order valence-corrected chi connectivity index (χ1v) is 8.57. The molecule has 130 valence electrons. The van der Waals surface area contributed by atoms with Crippen LogP contribution in [-0.4, -0.2) is 11.4 Å². The molecule has 1 unspecified atom stereocenters. The summed E-state index contributed by atoms with van der Waals surface area (Å²) in [5, 5.41) is 0. The summed E-state index contributed by atoms with van der Waals surface area (Å²) in [6.45, 7) is 8.92. The lowest BCUT2D eigenvalue weighted by Crippen LogP contribution is -2.45. The SMILES string of the molecule is Cc1cccc(C)c1N1C=CN2CC(C)(C)c3cc(F)cc(F)c3C21. The Morgan fingerprint density at radius 1 is 1.04 bits per heavy atom. The maximum absolute atomic E-state index is 14.9. The second kappa shape index (κ2) is 5.32. The van der Waals surface area contributed by atoms with Crippen molar-refractivity contribution in [3.8, 4) is 0 Å². The first-order chi connectivity index (χ1) is 11.8. The molecule has 2 aromatic rings. The number of hydrogen-bond acceptors (Lipinski definition) is 2. The van der Waals surface area contributed by atoms with Gasteiger partial charge in [0.05, 0.1) is 0 Å². The third kappa shape index (κ3) is 2.35. The van der Waals surface area contributed by atoms with Crippen molar-refractivity contribution in [2.24, 2.45) is 0 Å². The zero-order valence-corrected chi connectivity index (χ0v) is 15.0. The molecule has 2 aliphatic rings. The minimum Gasteiger partial charge on any atom is -0.351 e. The van der Waals surface area contributed by atoms with Crippen LogP contribution in [0, 0.1) is 25.5 Å². The van der Waals surface area contributed by atoms with Crippen molar-refractivity contribution in [1.29, 1.82) is 0 Å². The lowest BCUT2D eigenvalue weighted by Gasteiger charge is -2.45. The molecule has 0 aliphatic carbocycles. The third-order valence-electron chi connectivity index (χ3n) is 5.35. The maximum atomic E-state index is 14.9. The highest BCUT2D eigenvalue weighted by Crippen LogP contribution is 2.47. The van der Waals surface area contributed by atoms with Crippen molar-refractivity contribution < 1.29 is 8.78 Å². The summed E-state index contributed by atoms with van der Waals surface area (Å²) in [6.07, 6.45) is 3.75. The molecule has 2 aromatic carbocycles. The van der Waals surface area contributed by atoms with Gasteiger partial charge in [0.15, 0.2) is 0 Å². The van der Waals surface area contributed by atoms with Crippen molar-refractivity contribution in [3.63, 3.8) is 0 Å². The van der Waals surface area contributed by atoms with Gasteiger partial charge in [0.2, 0.25) is 0 Å². The molecule has 0 radical (unpaired) electrons. The second-order valence-corrected chi connectivity index (χ2v) is 7.72. The average molecular weight is 340 g/mol. The summed E-state index contributed by atoms with van der Waals surface area (Å²) in [7, 11) is 0. The van der Waals surface area contributed by atoms with Gasteiger partial charge in [0.1, 0.15) is 17.8 Å². The van der Waals surface area contributed by atoms with Crippen molar-refractivity contribution in [2.45, 2.75) is 39.3 Å². The van der Waals surface area contributed by atoms with Gasteiger partial charge in [-0.1, -0.05) is 32.0 Å². The van der Waals surface area contributed by atoms with Crippen LogP contribution in [0.5, 0.6) is 0 Å². The minimum absolute atomic E-state index is 0.275. The topological polar surface area (TPSA) is 6.48 Å². The molecule has 0 saturated heterocycles. The zero-order chi connectivity index (χ0) is 17.9. The van der Waals surface area contributed by atoms with Gasteiger partial charge in [0.25, 0.3) is 0 Å². The predicted octanol–water partition coefficient (Wildman–Crippen LogP) is 5.16. The van der Waals surface area contributed by atoms with Crippen LogP contribution < -0.4 is 4.90 Å². The molecule has 2 nitrogen and oxygen atoms in total. The number of aryl methyl sites for hydroxylation is 2.